The molecule has 16 heteroatoms. The van der Waals surface area contributed by atoms with Crippen LogP contribution in [0.4, 0.5) is 35.1 Å². The number of alkyl halides is 3. The SMILES string of the molecule is O=C(Cc1ccc(F)cc1)C(=O)NCCCNC(=O)c1ccc(Nc2nc(NC3(c4ccc(Cl)cc4)CC3)nc(OCC(F)(F)F)n2)cc1. The largest absolute Gasteiger partial charge is 0.454 e. The van der Waals surface area contributed by atoms with E-state index >= 15 is 0 Å². The third-order valence-corrected chi connectivity index (χ3v) is 7.59. The van der Waals surface area contributed by atoms with Crippen LogP contribution >= 0.6 is 11.6 Å². The van der Waals surface area contributed by atoms with Gasteiger partial charge in [-0.15, -0.1) is 0 Å². The number of carbonyl (C=O) groups is 3. The molecular weight excluding hydrogens is 670 g/mol. The third kappa shape index (κ3) is 10.3. The van der Waals surface area contributed by atoms with Gasteiger partial charge in [0.05, 0.1) is 5.54 Å². The van der Waals surface area contributed by atoms with Crippen molar-refractivity contribution >= 4 is 46.8 Å². The lowest BCUT2D eigenvalue weighted by atomic mass is 10.1. The predicted octanol–water partition coefficient (Wildman–Crippen LogP) is 5.50. The van der Waals surface area contributed by atoms with Gasteiger partial charge >= 0.3 is 12.2 Å². The zero-order valence-electron chi connectivity index (χ0n) is 25.7. The van der Waals surface area contributed by atoms with Gasteiger partial charge in [-0.2, -0.15) is 28.1 Å². The maximum absolute atomic E-state index is 13.0. The van der Waals surface area contributed by atoms with Crippen LogP contribution in [0.3, 0.4) is 0 Å². The predicted molar refractivity (Wildman–Crippen MR) is 172 cm³/mol. The number of nitrogens with one attached hydrogen (secondary N) is 4. The van der Waals surface area contributed by atoms with Crippen LogP contribution in [-0.2, 0) is 21.5 Å². The molecule has 49 heavy (non-hydrogen) atoms. The number of ketones is 1. The number of benzene rings is 3. The number of carbonyl (C=O) groups excluding carboxylic acids is 3. The van der Waals surface area contributed by atoms with Crippen molar-refractivity contribution < 1.29 is 36.7 Å². The Balaban J connectivity index is 1.13. The molecular formula is C33H30ClF4N7O4. The first-order valence-electron chi connectivity index (χ1n) is 15.1. The molecule has 1 saturated carbocycles. The summed E-state index contributed by atoms with van der Waals surface area (Å²) in [4.78, 5) is 49.1. The number of aromatic nitrogens is 3. The van der Waals surface area contributed by atoms with Crippen molar-refractivity contribution in [1.82, 2.24) is 25.6 Å². The Kier molecular flexibility index (Phi) is 10.9. The summed E-state index contributed by atoms with van der Waals surface area (Å²) in [5.74, 6) is -2.35. The Morgan fingerprint density at radius 1 is 0.837 bits per heavy atom. The fourth-order valence-electron chi connectivity index (χ4n) is 4.67. The molecule has 0 atom stereocenters. The van der Waals surface area contributed by atoms with E-state index in [4.69, 9.17) is 16.3 Å². The second-order valence-electron chi connectivity index (χ2n) is 11.2. The highest BCUT2D eigenvalue weighted by Crippen LogP contribution is 2.48. The Morgan fingerprint density at radius 3 is 2.14 bits per heavy atom. The van der Waals surface area contributed by atoms with Gasteiger partial charge in [0.25, 0.3) is 11.8 Å². The van der Waals surface area contributed by atoms with Crippen LogP contribution in [0.5, 0.6) is 6.01 Å². The van der Waals surface area contributed by atoms with Crippen molar-refractivity contribution in [2.24, 2.45) is 0 Å². The summed E-state index contributed by atoms with van der Waals surface area (Å²) in [5, 5.41) is 11.9. The van der Waals surface area contributed by atoms with E-state index in [9.17, 15) is 31.9 Å². The molecule has 1 heterocycles. The zero-order chi connectivity index (χ0) is 35.0. The standard InChI is InChI=1S/C33H30ClF4N7O4/c34-23-8-6-22(7-9-23)32(14-15-32)45-30-42-29(43-31(44-30)49-19-33(36,37)38)41-25-12-4-21(5-13-25)27(47)39-16-1-17-40-28(48)26(46)18-20-2-10-24(35)11-3-20/h2-13H,1,14-19H2,(H,39,47)(H,40,48)(H2,41,42,43,44,45). The average molecular weight is 700 g/mol. The molecule has 5 rings (SSSR count). The lowest BCUT2D eigenvalue weighted by molar-refractivity contribution is -0.154. The minimum atomic E-state index is -4.61. The van der Waals surface area contributed by atoms with Crippen LogP contribution in [0.1, 0.15) is 40.7 Å². The summed E-state index contributed by atoms with van der Waals surface area (Å²) in [6.45, 7) is -1.23. The fraction of sp³-hybridized carbons (Fsp3) is 0.273. The molecule has 11 nitrogen and oxygen atoms in total. The molecule has 1 fully saturated rings. The second-order valence-corrected chi connectivity index (χ2v) is 11.6. The Labute approximate surface area is 282 Å². The van der Waals surface area contributed by atoms with Gasteiger partial charge in [0.2, 0.25) is 17.7 Å². The van der Waals surface area contributed by atoms with E-state index in [0.29, 0.717) is 28.3 Å². The summed E-state index contributed by atoms with van der Waals surface area (Å²) < 4.78 is 56.4. The first-order chi connectivity index (χ1) is 23.4. The highest BCUT2D eigenvalue weighted by atomic mass is 35.5. The molecule has 256 valence electrons. The first kappa shape index (κ1) is 35.0. The lowest BCUT2D eigenvalue weighted by Gasteiger charge is -2.19. The number of hydrogen-bond donors (Lipinski definition) is 4. The highest BCUT2D eigenvalue weighted by molar-refractivity contribution is 6.36. The van der Waals surface area contributed by atoms with Gasteiger partial charge in [-0.05, 0) is 78.9 Å². The quantitative estimate of drug-likeness (QED) is 0.0718. The molecule has 0 radical (unpaired) electrons. The van der Waals surface area contributed by atoms with Crippen molar-refractivity contribution in [3.63, 3.8) is 0 Å². The summed E-state index contributed by atoms with van der Waals surface area (Å²) >= 11 is 6.01. The summed E-state index contributed by atoms with van der Waals surface area (Å²) in [5.41, 5.74) is 1.66. The van der Waals surface area contributed by atoms with E-state index < -0.39 is 47.7 Å². The fourth-order valence-corrected chi connectivity index (χ4v) is 4.79. The molecule has 0 saturated heterocycles. The van der Waals surface area contributed by atoms with Crippen molar-refractivity contribution in [3.05, 3.63) is 100 Å². The van der Waals surface area contributed by atoms with Crippen LogP contribution in [0, 0.1) is 5.82 Å². The number of rotatable bonds is 15. The average Bonchev–Trinajstić information content (AvgIpc) is 3.85. The number of anilines is 3. The first-order valence-corrected chi connectivity index (χ1v) is 15.5. The minimum Gasteiger partial charge on any atom is -0.454 e. The maximum Gasteiger partial charge on any atom is 0.422 e. The summed E-state index contributed by atoms with van der Waals surface area (Å²) in [6.07, 6.45) is -2.94. The van der Waals surface area contributed by atoms with E-state index in [1.165, 1.54) is 36.4 Å². The number of Topliss-reactive ketones (excluding diaryl/α,β-unsaturated/α-hetero) is 1. The van der Waals surface area contributed by atoms with Gasteiger partial charge < -0.3 is 26.0 Å². The topological polar surface area (TPSA) is 147 Å². The highest BCUT2D eigenvalue weighted by Gasteiger charge is 2.45. The normalized spacial score (nSPS) is 13.2. The molecule has 4 aromatic rings. The molecule has 2 amide bonds. The molecule has 3 aromatic carbocycles. The Hall–Kier alpha value is -5.31. The molecule has 1 aliphatic carbocycles. The van der Waals surface area contributed by atoms with Crippen LogP contribution in [0.2, 0.25) is 5.02 Å². The monoisotopic (exact) mass is 699 g/mol. The van der Waals surface area contributed by atoms with E-state index in [0.717, 1.165) is 18.4 Å². The van der Waals surface area contributed by atoms with Gasteiger partial charge in [0.1, 0.15) is 5.82 Å². The number of ether oxygens (including phenoxy) is 1. The van der Waals surface area contributed by atoms with Gasteiger partial charge in [-0.25, -0.2) is 4.39 Å². The Morgan fingerprint density at radius 2 is 1.49 bits per heavy atom. The summed E-state index contributed by atoms with van der Waals surface area (Å²) in [6, 6.07) is 18.1. The van der Waals surface area contributed by atoms with Gasteiger partial charge in [0, 0.05) is 35.8 Å². The number of hydrogen-bond acceptors (Lipinski definition) is 9. The smallest absolute Gasteiger partial charge is 0.422 e. The van der Waals surface area contributed by atoms with E-state index in [1.54, 1.807) is 24.3 Å². The molecule has 0 spiro atoms. The van der Waals surface area contributed by atoms with Gasteiger partial charge in [-0.3, -0.25) is 14.4 Å². The molecule has 0 unspecified atom stereocenters. The number of amides is 2. The van der Waals surface area contributed by atoms with Crippen molar-refractivity contribution in [3.8, 4) is 6.01 Å². The zero-order valence-corrected chi connectivity index (χ0v) is 26.5. The van der Waals surface area contributed by atoms with Crippen molar-refractivity contribution in [2.75, 3.05) is 30.3 Å². The van der Waals surface area contributed by atoms with Crippen LogP contribution in [-0.4, -0.2) is 58.4 Å². The van der Waals surface area contributed by atoms with Crippen molar-refractivity contribution in [1.29, 1.82) is 0 Å². The molecule has 4 N–H and O–H groups in total. The summed E-state index contributed by atoms with van der Waals surface area (Å²) in [7, 11) is 0. The van der Waals surface area contributed by atoms with E-state index in [2.05, 4.69) is 36.2 Å². The van der Waals surface area contributed by atoms with Crippen LogP contribution < -0.4 is 26.0 Å². The van der Waals surface area contributed by atoms with Gasteiger partial charge in [0.15, 0.2) is 6.61 Å². The van der Waals surface area contributed by atoms with Crippen LogP contribution in [0.25, 0.3) is 0 Å². The maximum atomic E-state index is 13.0. The Bertz CT molecular complexity index is 1790. The number of nitrogens with zero attached hydrogens (tertiary/aromatic N) is 3. The third-order valence-electron chi connectivity index (χ3n) is 7.34. The molecule has 0 bridgehead atoms. The molecule has 1 aliphatic rings. The second kappa shape index (κ2) is 15.3. The van der Waals surface area contributed by atoms with E-state index in [1.807, 2.05) is 12.1 Å². The van der Waals surface area contributed by atoms with E-state index in [-0.39, 0.29) is 31.4 Å². The van der Waals surface area contributed by atoms with Crippen molar-refractivity contribution in [2.45, 2.75) is 37.4 Å². The van der Waals surface area contributed by atoms with Crippen LogP contribution in [0.15, 0.2) is 72.8 Å². The van der Waals surface area contributed by atoms with Gasteiger partial charge in [-0.1, -0.05) is 35.9 Å². The molecule has 0 aliphatic heterocycles. The number of halogens is 5. The molecule has 1 aromatic heterocycles. The minimum absolute atomic E-state index is 0.00607. The lowest BCUT2D eigenvalue weighted by Crippen LogP contribution is -2.34.